The van der Waals surface area contributed by atoms with E-state index >= 15 is 0 Å². The molecule has 0 radical (unpaired) electrons. The molecular formula is C18H24O3. The third kappa shape index (κ3) is 5.91. The van der Waals surface area contributed by atoms with Crippen molar-refractivity contribution >= 4 is 5.97 Å². The summed E-state index contributed by atoms with van der Waals surface area (Å²) in [7, 11) is 1.39. The Hall–Kier alpha value is -1.95. The molecule has 0 unspecified atom stereocenters. The van der Waals surface area contributed by atoms with E-state index in [0.717, 1.165) is 30.6 Å². The number of carbonyl (C=O) groups excluding carboxylic acids is 1. The minimum atomic E-state index is -0.261. The third-order valence-electron chi connectivity index (χ3n) is 3.22. The Morgan fingerprint density at radius 2 is 2.05 bits per heavy atom. The van der Waals surface area contributed by atoms with Crippen molar-refractivity contribution in [2.24, 2.45) is 0 Å². The molecule has 1 aromatic carbocycles. The Morgan fingerprint density at radius 3 is 2.71 bits per heavy atom. The van der Waals surface area contributed by atoms with Gasteiger partial charge >= 0.3 is 5.97 Å². The summed E-state index contributed by atoms with van der Waals surface area (Å²) < 4.78 is 10.6. The van der Waals surface area contributed by atoms with Gasteiger partial charge in [-0.15, -0.1) is 5.92 Å². The van der Waals surface area contributed by atoms with Gasteiger partial charge in [0, 0.05) is 5.56 Å². The van der Waals surface area contributed by atoms with Crippen molar-refractivity contribution in [2.75, 3.05) is 13.7 Å². The van der Waals surface area contributed by atoms with Gasteiger partial charge in [0.15, 0.2) is 0 Å². The first kappa shape index (κ1) is 17.1. The predicted molar refractivity (Wildman–Crippen MR) is 84.3 cm³/mol. The lowest BCUT2D eigenvalue weighted by molar-refractivity contribution is -0.140. The second-order valence-corrected chi connectivity index (χ2v) is 4.82. The number of ether oxygens (including phenoxy) is 2. The van der Waals surface area contributed by atoms with Crippen LogP contribution in [0.5, 0.6) is 5.75 Å². The molecule has 3 nitrogen and oxygen atoms in total. The van der Waals surface area contributed by atoms with Crippen LogP contribution in [0, 0.1) is 11.8 Å². The molecule has 0 saturated carbocycles. The first-order valence-electron chi connectivity index (χ1n) is 7.43. The molecular weight excluding hydrogens is 264 g/mol. The number of methoxy groups -OCH3 is 1. The molecule has 0 saturated heterocycles. The molecule has 0 aliphatic heterocycles. The summed E-state index contributed by atoms with van der Waals surface area (Å²) in [6.45, 7) is 4.63. The SMILES string of the molecule is CC#C[C@H](CC(=O)OC)c1ccccc1OCCCCC. The second-order valence-electron chi connectivity index (χ2n) is 4.82. The first-order valence-corrected chi connectivity index (χ1v) is 7.43. The molecule has 21 heavy (non-hydrogen) atoms. The number of hydrogen-bond acceptors (Lipinski definition) is 3. The Kier molecular flexibility index (Phi) is 8.04. The van der Waals surface area contributed by atoms with Crippen LogP contribution >= 0.6 is 0 Å². The largest absolute Gasteiger partial charge is 0.493 e. The van der Waals surface area contributed by atoms with Crippen LogP contribution in [0.1, 0.15) is 51.0 Å². The van der Waals surface area contributed by atoms with Crippen molar-refractivity contribution in [3.05, 3.63) is 29.8 Å². The number of carbonyl (C=O) groups is 1. The lowest BCUT2D eigenvalue weighted by Crippen LogP contribution is -2.09. The van der Waals surface area contributed by atoms with E-state index in [9.17, 15) is 4.79 Å². The lowest BCUT2D eigenvalue weighted by atomic mass is 9.95. The van der Waals surface area contributed by atoms with Crippen LogP contribution in [-0.2, 0) is 9.53 Å². The summed E-state index contributed by atoms with van der Waals surface area (Å²) in [6.07, 6.45) is 3.60. The molecule has 0 aromatic heterocycles. The maximum absolute atomic E-state index is 11.6. The van der Waals surface area contributed by atoms with Crippen LogP contribution in [0.25, 0.3) is 0 Å². The maximum Gasteiger partial charge on any atom is 0.307 e. The zero-order valence-electron chi connectivity index (χ0n) is 13.1. The molecule has 0 bridgehead atoms. The van der Waals surface area contributed by atoms with Crippen LogP contribution < -0.4 is 4.74 Å². The van der Waals surface area contributed by atoms with Gasteiger partial charge in [0.2, 0.25) is 0 Å². The van der Waals surface area contributed by atoms with E-state index in [2.05, 4.69) is 18.8 Å². The molecule has 0 aliphatic rings. The summed E-state index contributed by atoms with van der Waals surface area (Å²) >= 11 is 0. The summed E-state index contributed by atoms with van der Waals surface area (Å²) in [5.74, 6) is 6.32. The highest BCUT2D eigenvalue weighted by atomic mass is 16.5. The molecule has 0 fully saturated rings. The van der Waals surface area contributed by atoms with E-state index in [0.29, 0.717) is 6.61 Å². The molecule has 3 heteroatoms. The minimum absolute atomic E-state index is 0.190. The quantitative estimate of drug-likeness (QED) is 0.413. The fourth-order valence-corrected chi connectivity index (χ4v) is 2.10. The third-order valence-corrected chi connectivity index (χ3v) is 3.22. The highest BCUT2D eigenvalue weighted by Crippen LogP contribution is 2.29. The molecule has 0 N–H and O–H groups in total. The van der Waals surface area contributed by atoms with Gasteiger partial charge in [0.25, 0.3) is 0 Å². The van der Waals surface area contributed by atoms with Crippen LogP contribution in [0.4, 0.5) is 0 Å². The summed E-state index contributed by atoms with van der Waals surface area (Å²) in [5.41, 5.74) is 0.953. The van der Waals surface area contributed by atoms with Gasteiger partial charge in [0.1, 0.15) is 5.75 Å². The van der Waals surface area contributed by atoms with Crippen LogP contribution in [-0.4, -0.2) is 19.7 Å². The number of para-hydroxylation sites is 1. The Morgan fingerprint density at radius 1 is 1.29 bits per heavy atom. The van der Waals surface area contributed by atoms with Gasteiger partial charge in [-0.3, -0.25) is 4.79 Å². The zero-order chi connectivity index (χ0) is 15.5. The smallest absolute Gasteiger partial charge is 0.307 e. The van der Waals surface area contributed by atoms with Crippen LogP contribution in [0.2, 0.25) is 0 Å². The molecule has 0 heterocycles. The van der Waals surface area contributed by atoms with E-state index in [4.69, 9.17) is 9.47 Å². The van der Waals surface area contributed by atoms with Crippen molar-refractivity contribution in [3.8, 4) is 17.6 Å². The molecule has 0 spiro atoms. The van der Waals surface area contributed by atoms with E-state index < -0.39 is 0 Å². The van der Waals surface area contributed by atoms with Crippen LogP contribution in [0.3, 0.4) is 0 Å². The summed E-state index contributed by atoms with van der Waals surface area (Å²) in [6, 6.07) is 7.78. The second kappa shape index (κ2) is 9.88. The number of unbranched alkanes of at least 4 members (excludes halogenated alkanes) is 2. The topological polar surface area (TPSA) is 35.5 Å². The number of rotatable bonds is 8. The number of esters is 1. The molecule has 0 aliphatic carbocycles. The molecule has 1 atom stereocenters. The average molecular weight is 288 g/mol. The zero-order valence-corrected chi connectivity index (χ0v) is 13.1. The van der Waals surface area contributed by atoms with E-state index in [-0.39, 0.29) is 18.3 Å². The highest BCUT2D eigenvalue weighted by molar-refractivity contribution is 5.71. The molecule has 0 amide bonds. The van der Waals surface area contributed by atoms with E-state index in [1.165, 1.54) is 7.11 Å². The van der Waals surface area contributed by atoms with Crippen LogP contribution in [0.15, 0.2) is 24.3 Å². The van der Waals surface area contributed by atoms with Crippen molar-refractivity contribution < 1.29 is 14.3 Å². The van der Waals surface area contributed by atoms with Gasteiger partial charge in [-0.25, -0.2) is 0 Å². The summed E-state index contributed by atoms with van der Waals surface area (Å²) in [5, 5.41) is 0. The summed E-state index contributed by atoms with van der Waals surface area (Å²) in [4.78, 5) is 11.6. The van der Waals surface area contributed by atoms with Crippen molar-refractivity contribution in [3.63, 3.8) is 0 Å². The van der Waals surface area contributed by atoms with Crippen molar-refractivity contribution in [1.29, 1.82) is 0 Å². The van der Waals surface area contributed by atoms with Gasteiger partial charge in [-0.2, -0.15) is 0 Å². The lowest BCUT2D eigenvalue weighted by Gasteiger charge is -2.15. The average Bonchev–Trinajstić information content (AvgIpc) is 2.51. The highest BCUT2D eigenvalue weighted by Gasteiger charge is 2.18. The molecule has 114 valence electrons. The van der Waals surface area contributed by atoms with Crippen molar-refractivity contribution in [2.45, 2.75) is 45.4 Å². The number of hydrogen-bond donors (Lipinski definition) is 0. The first-order chi connectivity index (χ1) is 10.2. The molecule has 1 aromatic rings. The fraction of sp³-hybridized carbons (Fsp3) is 0.500. The van der Waals surface area contributed by atoms with E-state index in [1.807, 2.05) is 24.3 Å². The Bertz CT molecular complexity index is 497. The Balaban J connectivity index is 2.85. The van der Waals surface area contributed by atoms with Crippen molar-refractivity contribution in [1.82, 2.24) is 0 Å². The standard InChI is InChI=1S/C18H24O3/c1-4-6-9-13-21-17-12-8-7-11-16(17)15(10-5-2)14-18(19)20-3/h7-8,11-12,15H,4,6,9,13-14H2,1-3H3/t15-/m1/s1. The van der Waals surface area contributed by atoms with Gasteiger partial charge in [-0.1, -0.05) is 43.9 Å². The fourth-order valence-electron chi connectivity index (χ4n) is 2.10. The molecule has 1 rings (SSSR count). The van der Waals surface area contributed by atoms with Gasteiger partial charge in [-0.05, 0) is 19.4 Å². The van der Waals surface area contributed by atoms with Gasteiger partial charge < -0.3 is 9.47 Å². The van der Waals surface area contributed by atoms with E-state index in [1.54, 1.807) is 6.92 Å². The monoisotopic (exact) mass is 288 g/mol. The predicted octanol–water partition coefficient (Wildman–Crippen LogP) is 3.93. The normalized spacial score (nSPS) is 11.2. The Labute approximate surface area is 127 Å². The maximum atomic E-state index is 11.6. The minimum Gasteiger partial charge on any atom is -0.493 e. The number of benzene rings is 1. The van der Waals surface area contributed by atoms with Gasteiger partial charge in [0.05, 0.1) is 26.1 Å².